The summed E-state index contributed by atoms with van der Waals surface area (Å²) >= 11 is 1.14. The van der Waals surface area contributed by atoms with E-state index >= 15 is 0 Å². The van der Waals surface area contributed by atoms with Crippen LogP contribution in [0.4, 0.5) is 0 Å². The zero-order chi connectivity index (χ0) is 19.7. The van der Waals surface area contributed by atoms with Gasteiger partial charge in [-0.25, -0.2) is 14.6 Å². The number of carbonyl (C=O) groups excluding carboxylic acids is 1. The molecular formula is C19H18N2O5S. The van der Waals surface area contributed by atoms with Gasteiger partial charge in [-0.2, -0.15) is 0 Å². The Kier molecular flexibility index (Phi) is 5.09. The summed E-state index contributed by atoms with van der Waals surface area (Å²) in [5.41, 5.74) is 1.27. The van der Waals surface area contributed by atoms with Crippen LogP contribution in [0.3, 0.4) is 0 Å². The summed E-state index contributed by atoms with van der Waals surface area (Å²) in [6, 6.07) is 6.30. The second-order valence-corrected chi connectivity index (χ2v) is 7.37. The lowest BCUT2D eigenvalue weighted by Gasteiger charge is -2.07. The fraction of sp³-hybridized carbons (Fsp3) is 0.263. The number of carbonyl (C=O) groups is 2. The molecule has 3 rings (SSSR count). The fourth-order valence-corrected chi connectivity index (χ4v) is 3.71. The van der Waals surface area contributed by atoms with Crippen molar-refractivity contribution in [2.24, 2.45) is 0 Å². The van der Waals surface area contributed by atoms with Crippen LogP contribution in [0.15, 0.2) is 35.4 Å². The number of fused-ring (bicyclic) bond motifs is 1. The Morgan fingerprint density at radius 2 is 1.93 bits per heavy atom. The smallest absolute Gasteiger partial charge is 0.348 e. The van der Waals surface area contributed by atoms with E-state index in [0.717, 1.165) is 16.9 Å². The quantitative estimate of drug-likeness (QED) is 0.677. The Hall–Kier alpha value is -3.00. The van der Waals surface area contributed by atoms with Crippen molar-refractivity contribution in [2.75, 3.05) is 0 Å². The number of hydrogen-bond acceptors (Lipinski definition) is 6. The van der Waals surface area contributed by atoms with Crippen LogP contribution in [-0.4, -0.2) is 32.7 Å². The molecule has 8 heteroatoms. The molecule has 3 aromatic rings. The van der Waals surface area contributed by atoms with Gasteiger partial charge < -0.3 is 9.84 Å². The van der Waals surface area contributed by atoms with Crippen molar-refractivity contribution >= 4 is 33.5 Å². The second kappa shape index (κ2) is 7.32. The van der Waals surface area contributed by atoms with Crippen LogP contribution < -0.4 is 5.56 Å². The monoisotopic (exact) mass is 386 g/mol. The molecule has 0 saturated carbocycles. The van der Waals surface area contributed by atoms with Gasteiger partial charge in [0.25, 0.3) is 5.56 Å². The van der Waals surface area contributed by atoms with Gasteiger partial charge in [-0.1, -0.05) is 12.1 Å². The van der Waals surface area contributed by atoms with E-state index in [4.69, 9.17) is 9.84 Å². The molecule has 0 aliphatic carbocycles. The van der Waals surface area contributed by atoms with Crippen LogP contribution in [0.1, 0.15) is 45.0 Å². The molecule has 0 spiro atoms. The van der Waals surface area contributed by atoms with E-state index in [2.05, 4.69) is 4.98 Å². The van der Waals surface area contributed by atoms with Crippen molar-refractivity contribution in [2.45, 2.75) is 33.4 Å². The first kappa shape index (κ1) is 18.8. The number of aryl methyl sites for hydroxylation is 1. The lowest BCUT2D eigenvalue weighted by molar-refractivity contribution is 0.0383. The van der Waals surface area contributed by atoms with Gasteiger partial charge in [0.1, 0.15) is 9.71 Å². The summed E-state index contributed by atoms with van der Waals surface area (Å²) in [5.74, 6) is -1.46. The third kappa shape index (κ3) is 3.75. The minimum atomic E-state index is -1.00. The minimum Gasteiger partial charge on any atom is -0.478 e. The molecule has 1 N–H and O–H groups in total. The molecule has 27 heavy (non-hydrogen) atoms. The molecule has 0 bridgehead atoms. The highest BCUT2D eigenvalue weighted by molar-refractivity contribution is 7.20. The molecule has 0 atom stereocenters. The topological polar surface area (TPSA) is 98.5 Å². The van der Waals surface area contributed by atoms with Crippen molar-refractivity contribution in [3.8, 4) is 0 Å². The molecule has 0 fully saturated rings. The number of aromatic carboxylic acids is 1. The number of aromatic nitrogens is 2. The maximum Gasteiger partial charge on any atom is 0.348 e. The molecule has 0 aliphatic rings. The molecule has 0 unspecified atom stereocenters. The first-order valence-electron chi connectivity index (χ1n) is 8.29. The van der Waals surface area contributed by atoms with Crippen molar-refractivity contribution in [1.82, 2.24) is 9.55 Å². The maximum absolute atomic E-state index is 12.9. The predicted octanol–water partition coefficient (Wildman–Crippen LogP) is 3.08. The third-order valence-electron chi connectivity index (χ3n) is 4.00. The van der Waals surface area contributed by atoms with Gasteiger partial charge in [-0.15, -0.1) is 11.3 Å². The van der Waals surface area contributed by atoms with Gasteiger partial charge in [-0.05, 0) is 44.0 Å². The SMILES string of the molecule is Cc1c(C(=O)OC(C)C)sc2ncn(Cc3ccc(C(=O)O)cc3)c(=O)c12. The lowest BCUT2D eigenvalue weighted by Crippen LogP contribution is -2.21. The van der Waals surface area contributed by atoms with E-state index in [0.29, 0.717) is 20.7 Å². The number of esters is 1. The van der Waals surface area contributed by atoms with Crippen LogP contribution in [0.5, 0.6) is 0 Å². The molecule has 0 saturated heterocycles. The van der Waals surface area contributed by atoms with Gasteiger partial charge in [0.2, 0.25) is 0 Å². The molecule has 0 amide bonds. The molecular weight excluding hydrogens is 368 g/mol. The predicted molar refractivity (Wildman–Crippen MR) is 102 cm³/mol. The average molecular weight is 386 g/mol. The second-order valence-electron chi connectivity index (χ2n) is 6.37. The van der Waals surface area contributed by atoms with Crippen molar-refractivity contribution in [3.05, 3.63) is 62.5 Å². The van der Waals surface area contributed by atoms with Crippen LogP contribution in [0.2, 0.25) is 0 Å². The first-order valence-corrected chi connectivity index (χ1v) is 9.11. The number of thiophene rings is 1. The first-order chi connectivity index (χ1) is 12.8. The van der Waals surface area contributed by atoms with Gasteiger partial charge in [0.15, 0.2) is 0 Å². The highest BCUT2D eigenvalue weighted by atomic mass is 32.1. The summed E-state index contributed by atoms with van der Waals surface area (Å²) in [7, 11) is 0. The van der Waals surface area contributed by atoms with Gasteiger partial charge >= 0.3 is 11.9 Å². The van der Waals surface area contributed by atoms with E-state index in [1.165, 1.54) is 23.0 Å². The normalized spacial score (nSPS) is 11.1. The zero-order valence-electron chi connectivity index (χ0n) is 15.1. The van der Waals surface area contributed by atoms with Gasteiger partial charge in [-0.3, -0.25) is 9.36 Å². The number of benzene rings is 1. The Labute approximate surface area is 158 Å². The Morgan fingerprint density at radius 3 is 2.52 bits per heavy atom. The van der Waals surface area contributed by atoms with E-state index in [1.54, 1.807) is 32.9 Å². The molecule has 0 aliphatic heterocycles. The summed E-state index contributed by atoms with van der Waals surface area (Å²) in [6.45, 7) is 5.50. The van der Waals surface area contributed by atoms with Crippen LogP contribution >= 0.6 is 11.3 Å². The molecule has 2 heterocycles. The zero-order valence-corrected chi connectivity index (χ0v) is 15.9. The maximum atomic E-state index is 12.9. The molecule has 7 nitrogen and oxygen atoms in total. The highest BCUT2D eigenvalue weighted by Gasteiger charge is 2.21. The Morgan fingerprint density at radius 1 is 1.26 bits per heavy atom. The number of hydrogen-bond donors (Lipinski definition) is 1. The van der Waals surface area contributed by atoms with Crippen molar-refractivity contribution in [1.29, 1.82) is 0 Å². The highest BCUT2D eigenvalue weighted by Crippen LogP contribution is 2.27. The summed E-state index contributed by atoms with van der Waals surface area (Å²) in [5, 5.41) is 9.36. The van der Waals surface area contributed by atoms with E-state index in [-0.39, 0.29) is 23.8 Å². The van der Waals surface area contributed by atoms with Gasteiger partial charge in [0, 0.05) is 0 Å². The van der Waals surface area contributed by atoms with Crippen LogP contribution in [-0.2, 0) is 11.3 Å². The Balaban J connectivity index is 1.97. The number of rotatable bonds is 5. The largest absolute Gasteiger partial charge is 0.478 e. The van der Waals surface area contributed by atoms with E-state index in [1.807, 2.05) is 0 Å². The lowest BCUT2D eigenvalue weighted by atomic mass is 10.1. The molecule has 2 aromatic heterocycles. The van der Waals surface area contributed by atoms with E-state index in [9.17, 15) is 14.4 Å². The molecule has 1 aromatic carbocycles. The fourth-order valence-electron chi connectivity index (χ4n) is 2.68. The number of ether oxygens (including phenoxy) is 1. The third-order valence-corrected chi connectivity index (χ3v) is 5.18. The minimum absolute atomic E-state index is 0.182. The van der Waals surface area contributed by atoms with Crippen molar-refractivity contribution < 1.29 is 19.4 Å². The summed E-state index contributed by atoms with van der Waals surface area (Å²) in [6.07, 6.45) is 1.18. The number of nitrogens with zero attached hydrogens (tertiary/aromatic N) is 2. The molecule has 140 valence electrons. The van der Waals surface area contributed by atoms with Crippen LogP contribution in [0.25, 0.3) is 10.2 Å². The van der Waals surface area contributed by atoms with Crippen LogP contribution in [0, 0.1) is 6.92 Å². The molecule has 0 radical (unpaired) electrons. The van der Waals surface area contributed by atoms with E-state index < -0.39 is 11.9 Å². The van der Waals surface area contributed by atoms with Gasteiger partial charge in [0.05, 0.1) is 29.9 Å². The summed E-state index contributed by atoms with van der Waals surface area (Å²) < 4.78 is 6.67. The van der Waals surface area contributed by atoms with Crippen molar-refractivity contribution in [3.63, 3.8) is 0 Å². The summed E-state index contributed by atoms with van der Waals surface area (Å²) in [4.78, 5) is 41.2. The average Bonchev–Trinajstić information content (AvgIpc) is 2.95. The number of carboxylic acid groups (broad SMARTS) is 1. The number of carboxylic acids is 1. The standard InChI is InChI=1S/C19H18N2O5S/c1-10(2)26-19(25)15-11(3)14-16(27-15)20-9-21(17(14)22)8-12-4-6-13(7-5-12)18(23)24/h4-7,9-10H,8H2,1-3H3,(H,23,24). The Bertz CT molecular complexity index is 1080.